The summed E-state index contributed by atoms with van der Waals surface area (Å²) in [6.07, 6.45) is 2.15. The molecule has 4 nitrogen and oxygen atoms in total. The zero-order chi connectivity index (χ0) is 17.4. The van der Waals surface area contributed by atoms with Gasteiger partial charge in [0.15, 0.2) is 11.5 Å². The van der Waals surface area contributed by atoms with Crippen molar-refractivity contribution >= 4 is 17.1 Å². The summed E-state index contributed by atoms with van der Waals surface area (Å²) in [5, 5.41) is 5.75. The predicted molar refractivity (Wildman–Crippen MR) is 101 cm³/mol. The molecule has 2 aromatic carbocycles. The van der Waals surface area contributed by atoms with Gasteiger partial charge in [-0.2, -0.15) is 0 Å². The number of hydrogen-bond donors (Lipinski definition) is 2. The Hall–Kier alpha value is -2.43. The maximum Gasteiger partial charge on any atom is 0.159 e. The third kappa shape index (κ3) is 2.77. The number of likely N-dealkylation sites (N-methyl/N-ethyl adjacent to an activating group) is 1. The number of aliphatic imine (C=N–C) groups is 1. The molecule has 0 amide bonds. The zero-order valence-corrected chi connectivity index (χ0v) is 15.0. The minimum absolute atomic E-state index is 0.156. The second-order valence-electron chi connectivity index (χ2n) is 6.50. The topological polar surface area (TPSA) is 50.2 Å². The fourth-order valence-corrected chi connectivity index (χ4v) is 3.56. The molecule has 128 valence electrons. The molecule has 0 aromatic heterocycles. The first-order valence-corrected chi connectivity index (χ1v) is 9.00. The second-order valence-corrected chi connectivity index (χ2v) is 6.50. The maximum atomic E-state index is 6.28. The van der Waals surface area contributed by atoms with Crippen LogP contribution in [0.5, 0.6) is 5.75 Å². The Bertz CT molecular complexity index is 883. The van der Waals surface area contributed by atoms with Gasteiger partial charge in [-0.05, 0) is 38.1 Å². The molecule has 0 saturated heterocycles. The summed E-state index contributed by atoms with van der Waals surface area (Å²) < 4.78 is 6.28. The largest absolute Gasteiger partial charge is 0.453 e. The van der Waals surface area contributed by atoms with E-state index in [1.165, 1.54) is 16.8 Å². The Kier molecular flexibility index (Phi) is 4.15. The number of nitrogens with one attached hydrogen (secondary N) is 1. The molecule has 4 rings (SSSR count). The van der Waals surface area contributed by atoms with E-state index in [4.69, 9.17) is 9.73 Å². The first-order chi connectivity index (χ1) is 12.2. The first kappa shape index (κ1) is 16.1. The smallest absolute Gasteiger partial charge is 0.159 e. The summed E-state index contributed by atoms with van der Waals surface area (Å²) in [7, 11) is 0. The van der Waals surface area contributed by atoms with Gasteiger partial charge in [-0.1, -0.05) is 31.2 Å². The van der Waals surface area contributed by atoms with E-state index < -0.39 is 0 Å². The van der Waals surface area contributed by atoms with E-state index in [-0.39, 0.29) is 6.04 Å². The lowest BCUT2D eigenvalue weighted by Crippen LogP contribution is -2.77. The van der Waals surface area contributed by atoms with Crippen LogP contribution in [-0.2, 0) is 0 Å². The summed E-state index contributed by atoms with van der Waals surface area (Å²) >= 11 is 0. The molecule has 0 fully saturated rings. The maximum absolute atomic E-state index is 6.28. The van der Waals surface area contributed by atoms with Crippen LogP contribution in [0.1, 0.15) is 36.6 Å². The predicted octanol–water partition coefficient (Wildman–Crippen LogP) is 3.27. The minimum Gasteiger partial charge on any atom is -0.453 e. The lowest BCUT2D eigenvalue weighted by atomic mass is 9.89. The number of ether oxygens (including phenoxy) is 1. The second kappa shape index (κ2) is 6.47. The van der Waals surface area contributed by atoms with Crippen LogP contribution in [0.4, 0.5) is 11.4 Å². The van der Waals surface area contributed by atoms with Gasteiger partial charge in [0.2, 0.25) is 0 Å². The van der Waals surface area contributed by atoms with Crippen LogP contribution in [0.25, 0.3) is 0 Å². The van der Waals surface area contributed by atoms with E-state index in [0.717, 1.165) is 41.6 Å². The molecule has 0 radical (unpaired) electrons. The monoisotopic (exact) mass is 334 g/mol. The van der Waals surface area contributed by atoms with Crippen LogP contribution >= 0.6 is 0 Å². The molecule has 0 spiro atoms. The summed E-state index contributed by atoms with van der Waals surface area (Å²) in [5.41, 5.74) is 6.71. The van der Waals surface area contributed by atoms with Crippen LogP contribution in [0.2, 0.25) is 0 Å². The summed E-state index contributed by atoms with van der Waals surface area (Å²) in [6, 6.07) is 12.8. The molecule has 0 saturated carbocycles. The Labute approximate surface area is 148 Å². The van der Waals surface area contributed by atoms with Crippen LogP contribution in [0.3, 0.4) is 0 Å². The van der Waals surface area contributed by atoms with Crippen molar-refractivity contribution in [1.82, 2.24) is 5.32 Å². The van der Waals surface area contributed by atoms with Gasteiger partial charge >= 0.3 is 0 Å². The first-order valence-electron chi connectivity index (χ1n) is 9.00. The van der Waals surface area contributed by atoms with Gasteiger partial charge in [0.05, 0.1) is 12.6 Å². The highest BCUT2D eigenvalue weighted by molar-refractivity contribution is 6.16. The SMILES string of the molecule is CCNC1C=C2Oc3cc([NH2+]CC)c(C)cc3N=C2c2ccccc21. The highest BCUT2D eigenvalue weighted by Crippen LogP contribution is 2.41. The molecule has 25 heavy (non-hydrogen) atoms. The van der Waals surface area contributed by atoms with E-state index in [2.05, 4.69) is 73.9 Å². The third-order valence-corrected chi connectivity index (χ3v) is 4.75. The minimum atomic E-state index is 0.156. The number of allylic oxidation sites excluding steroid dienone is 1. The number of nitrogens with zero attached hydrogens (tertiary/aromatic N) is 1. The highest BCUT2D eigenvalue weighted by Gasteiger charge is 2.30. The molecule has 1 heterocycles. The van der Waals surface area contributed by atoms with Gasteiger partial charge in [0, 0.05) is 17.2 Å². The highest BCUT2D eigenvalue weighted by atomic mass is 16.5. The number of hydrogen-bond acceptors (Lipinski definition) is 3. The number of nitrogens with two attached hydrogens (primary N) is 1. The van der Waals surface area contributed by atoms with Crippen LogP contribution in [0.15, 0.2) is 53.2 Å². The number of benzene rings is 2. The molecular formula is C21H24N3O+. The Morgan fingerprint density at radius 1 is 1.20 bits per heavy atom. The van der Waals surface area contributed by atoms with Crippen molar-refractivity contribution in [2.45, 2.75) is 26.8 Å². The number of aryl methyl sites for hydroxylation is 1. The molecular weight excluding hydrogens is 310 g/mol. The molecule has 1 aliphatic carbocycles. The van der Waals surface area contributed by atoms with Gasteiger partial charge in [0.1, 0.15) is 17.1 Å². The van der Waals surface area contributed by atoms with Crippen molar-refractivity contribution in [3.63, 3.8) is 0 Å². The van der Waals surface area contributed by atoms with Crippen molar-refractivity contribution in [3.8, 4) is 5.75 Å². The van der Waals surface area contributed by atoms with Gasteiger partial charge in [0.25, 0.3) is 0 Å². The van der Waals surface area contributed by atoms with Crippen molar-refractivity contribution < 1.29 is 10.1 Å². The standard InChI is InChI=1S/C21H23N3O/c1-4-22-16-11-19-18(10-13(16)3)24-21-15-9-7-6-8-14(15)17(23-5-2)12-20(21)25-19/h6-12,17,22-23H,4-5H2,1-3H3/p+1. The van der Waals surface area contributed by atoms with Gasteiger partial charge < -0.3 is 15.4 Å². The van der Waals surface area contributed by atoms with Gasteiger partial charge in [-0.25, -0.2) is 4.99 Å². The molecule has 1 unspecified atom stereocenters. The van der Waals surface area contributed by atoms with Crippen LogP contribution in [-0.4, -0.2) is 18.8 Å². The average molecular weight is 334 g/mol. The van der Waals surface area contributed by atoms with E-state index in [1.54, 1.807) is 0 Å². The number of rotatable bonds is 4. The van der Waals surface area contributed by atoms with E-state index in [0.29, 0.717) is 0 Å². The zero-order valence-electron chi connectivity index (χ0n) is 15.0. The normalized spacial score (nSPS) is 17.6. The fourth-order valence-electron chi connectivity index (χ4n) is 3.56. The molecule has 2 aromatic rings. The van der Waals surface area contributed by atoms with Crippen molar-refractivity contribution in [2.75, 3.05) is 13.1 Å². The summed E-state index contributed by atoms with van der Waals surface area (Å²) in [6.45, 7) is 8.31. The molecule has 3 N–H and O–H groups in total. The fraction of sp³-hybridized carbons (Fsp3) is 0.286. The Balaban J connectivity index is 1.84. The quantitative estimate of drug-likeness (QED) is 0.843. The van der Waals surface area contributed by atoms with Gasteiger partial charge in [-0.15, -0.1) is 0 Å². The van der Waals surface area contributed by atoms with Crippen molar-refractivity contribution in [2.24, 2.45) is 4.99 Å². The van der Waals surface area contributed by atoms with E-state index in [9.17, 15) is 0 Å². The van der Waals surface area contributed by atoms with E-state index in [1.807, 2.05) is 0 Å². The Morgan fingerprint density at radius 3 is 2.84 bits per heavy atom. The lowest BCUT2D eigenvalue weighted by molar-refractivity contribution is -0.568. The number of fused-ring (bicyclic) bond motifs is 4. The third-order valence-electron chi connectivity index (χ3n) is 4.75. The summed E-state index contributed by atoms with van der Waals surface area (Å²) in [4.78, 5) is 4.95. The van der Waals surface area contributed by atoms with Crippen LogP contribution < -0.4 is 15.4 Å². The van der Waals surface area contributed by atoms with Gasteiger partial charge in [-0.3, -0.25) is 0 Å². The van der Waals surface area contributed by atoms with E-state index >= 15 is 0 Å². The van der Waals surface area contributed by atoms with Crippen molar-refractivity contribution in [3.05, 3.63) is 64.9 Å². The summed E-state index contributed by atoms with van der Waals surface area (Å²) in [5.74, 6) is 1.69. The number of quaternary nitrogens is 1. The molecule has 1 atom stereocenters. The van der Waals surface area contributed by atoms with Crippen LogP contribution in [0, 0.1) is 6.92 Å². The average Bonchev–Trinajstić information content (AvgIpc) is 2.62. The van der Waals surface area contributed by atoms with Crippen molar-refractivity contribution in [1.29, 1.82) is 0 Å². The molecule has 1 aliphatic heterocycles. The molecule has 2 aliphatic rings. The lowest BCUT2D eigenvalue weighted by Gasteiger charge is -2.29. The Morgan fingerprint density at radius 2 is 2.04 bits per heavy atom. The molecule has 4 heteroatoms. The molecule has 0 bridgehead atoms.